The molecule has 0 bridgehead atoms. The predicted octanol–water partition coefficient (Wildman–Crippen LogP) is 2.86. The molecule has 1 fully saturated rings. The van der Waals surface area contributed by atoms with Crippen LogP contribution in [0.4, 0.5) is 0 Å². The van der Waals surface area contributed by atoms with Crippen LogP contribution in [0.1, 0.15) is 26.2 Å². The van der Waals surface area contributed by atoms with Crippen LogP contribution in [0.5, 0.6) is 0 Å². The minimum absolute atomic E-state index is 0.319. The second-order valence-electron chi connectivity index (χ2n) is 2.95. The summed E-state index contributed by atoms with van der Waals surface area (Å²) >= 11 is 3.97. The van der Waals surface area contributed by atoms with Gasteiger partial charge in [-0.3, -0.25) is 0 Å². The van der Waals surface area contributed by atoms with Crippen molar-refractivity contribution in [2.45, 2.75) is 26.2 Å². The summed E-state index contributed by atoms with van der Waals surface area (Å²) in [5, 5.41) is 8.68. The van der Waals surface area contributed by atoms with Crippen LogP contribution >= 0.6 is 23.5 Å². The monoisotopic (exact) mass is 204 g/mol. The van der Waals surface area contributed by atoms with Crippen LogP contribution in [0.2, 0.25) is 0 Å². The highest BCUT2D eigenvalue weighted by molar-refractivity contribution is 8.22. The molecule has 1 saturated heterocycles. The number of rotatable bonds is 3. The fourth-order valence-corrected chi connectivity index (χ4v) is 3.78. The molecule has 3 heteroatoms. The SMILES string of the molecule is CC(CCCO)=C1SCCCS1. The van der Waals surface area contributed by atoms with Gasteiger partial charge < -0.3 is 5.11 Å². The Bertz CT molecular complexity index is 158. The van der Waals surface area contributed by atoms with Gasteiger partial charge in [0.2, 0.25) is 0 Å². The third-order valence-electron chi connectivity index (χ3n) is 1.81. The molecular weight excluding hydrogens is 188 g/mol. The van der Waals surface area contributed by atoms with Crippen LogP contribution in [-0.2, 0) is 0 Å². The van der Waals surface area contributed by atoms with Gasteiger partial charge in [0.25, 0.3) is 0 Å². The summed E-state index contributed by atoms with van der Waals surface area (Å²) in [5.74, 6) is 2.55. The molecule has 0 unspecified atom stereocenters. The zero-order valence-electron chi connectivity index (χ0n) is 7.51. The molecule has 0 atom stereocenters. The fraction of sp³-hybridized carbons (Fsp3) is 0.778. The van der Waals surface area contributed by atoms with E-state index in [2.05, 4.69) is 6.92 Å². The Morgan fingerprint density at radius 3 is 2.67 bits per heavy atom. The Hall–Kier alpha value is 0.400. The van der Waals surface area contributed by atoms with Crippen molar-refractivity contribution in [1.82, 2.24) is 0 Å². The maximum Gasteiger partial charge on any atom is 0.0434 e. The molecule has 1 aliphatic rings. The van der Waals surface area contributed by atoms with Crippen molar-refractivity contribution in [3.8, 4) is 0 Å². The average molecular weight is 204 g/mol. The molecule has 0 spiro atoms. The van der Waals surface area contributed by atoms with E-state index in [0.29, 0.717) is 6.61 Å². The first-order chi connectivity index (χ1) is 5.84. The van der Waals surface area contributed by atoms with Crippen LogP contribution in [0.25, 0.3) is 0 Å². The fourth-order valence-electron chi connectivity index (χ4n) is 1.12. The largest absolute Gasteiger partial charge is 0.396 e. The van der Waals surface area contributed by atoms with Crippen LogP contribution in [0.3, 0.4) is 0 Å². The Morgan fingerprint density at radius 1 is 1.42 bits per heavy atom. The summed E-state index contributed by atoms with van der Waals surface area (Å²) < 4.78 is 1.51. The van der Waals surface area contributed by atoms with E-state index in [4.69, 9.17) is 5.11 Å². The predicted molar refractivity (Wildman–Crippen MR) is 58.6 cm³/mol. The summed E-state index contributed by atoms with van der Waals surface area (Å²) in [6.07, 6.45) is 3.31. The minimum Gasteiger partial charge on any atom is -0.396 e. The average Bonchev–Trinajstić information content (AvgIpc) is 2.15. The van der Waals surface area contributed by atoms with E-state index in [9.17, 15) is 0 Å². The second-order valence-corrected chi connectivity index (χ2v) is 5.41. The van der Waals surface area contributed by atoms with Crippen LogP contribution in [0.15, 0.2) is 9.81 Å². The molecule has 1 N–H and O–H groups in total. The van der Waals surface area contributed by atoms with Crippen molar-refractivity contribution in [2.75, 3.05) is 18.1 Å². The molecule has 0 amide bonds. The summed E-state index contributed by atoms with van der Waals surface area (Å²) in [5.41, 5.74) is 1.47. The Labute approximate surface area is 83.0 Å². The van der Waals surface area contributed by atoms with Gasteiger partial charge in [0.1, 0.15) is 0 Å². The Balaban J connectivity index is 2.37. The maximum atomic E-state index is 8.68. The highest BCUT2D eigenvalue weighted by atomic mass is 32.2. The van der Waals surface area contributed by atoms with Crippen LogP contribution in [-0.4, -0.2) is 23.2 Å². The van der Waals surface area contributed by atoms with Gasteiger partial charge in [-0.25, -0.2) is 0 Å². The van der Waals surface area contributed by atoms with Crippen LogP contribution < -0.4 is 0 Å². The molecule has 1 nitrogen and oxygen atoms in total. The normalized spacial score (nSPS) is 18.0. The van der Waals surface area contributed by atoms with Crippen molar-refractivity contribution in [2.24, 2.45) is 0 Å². The first kappa shape index (κ1) is 10.5. The summed E-state index contributed by atoms with van der Waals surface area (Å²) in [4.78, 5) is 0. The highest BCUT2D eigenvalue weighted by Crippen LogP contribution is 2.37. The lowest BCUT2D eigenvalue weighted by Crippen LogP contribution is -1.95. The molecule has 1 rings (SSSR count). The van der Waals surface area contributed by atoms with Gasteiger partial charge in [-0.2, -0.15) is 0 Å². The number of aliphatic hydroxyl groups excluding tert-OH is 1. The molecule has 12 heavy (non-hydrogen) atoms. The first-order valence-corrected chi connectivity index (χ1v) is 6.38. The summed E-state index contributed by atoms with van der Waals surface area (Å²) in [6, 6.07) is 0. The number of thioether (sulfide) groups is 2. The zero-order chi connectivity index (χ0) is 8.81. The standard InChI is InChI=1S/C9H16OS2/c1-8(4-2-5-10)9-11-6-3-7-12-9/h10H,2-7H2,1H3. The molecular formula is C9H16OS2. The molecule has 0 aromatic rings. The smallest absolute Gasteiger partial charge is 0.0434 e. The molecule has 0 saturated carbocycles. The van der Waals surface area contributed by atoms with Crippen molar-refractivity contribution in [3.05, 3.63) is 9.81 Å². The minimum atomic E-state index is 0.319. The Kier molecular flexibility index (Phi) is 5.19. The third kappa shape index (κ3) is 3.42. The van der Waals surface area contributed by atoms with Crippen molar-refractivity contribution in [3.63, 3.8) is 0 Å². The molecule has 1 heterocycles. The van der Waals surface area contributed by atoms with Gasteiger partial charge in [0, 0.05) is 10.8 Å². The Morgan fingerprint density at radius 2 is 2.08 bits per heavy atom. The van der Waals surface area contributed by atoms with Gasteiger partial charge in [0.15, 0.2) is 0 Å². The number of hydrogen-bond donors (Lipinski definition) is 1. The second kappa shape index (κ2) is 5.95. The first-order valence-electron chi connectivity index (χ1n) is 4.41. The third-order valence-corrected chi connectivity index (χ3v) is 4.73. The van der Waals surface area contributed by atoms with Crippen LogP contribution in [0, 0.1) is 0 Å². The van der Waals surface area contributed by atoms with E-state index in [1.165, 1.54) is 27.7 Å². The quantitative estimate of drug-likeness (QED) is 0.763. The molecule has 70 valence electrons. The van der Waals surface area contributed by atoms with Crippen molar-refractivity contribution < 1.29 is 5.11 Å². The van der Waals surface area contributed by atoms with Crippen molar-refractivity contribution in [1.29, 1.82) is 0 Å². The molecule has 1 aliphatic heterocycles. The lowest BCUT2D eigenvalue weighted by molar-refractivity contribution is 0.288. The summed E-state index contributed by atoms with van der Waals surface area (Å²) in [6.45, 7) is 2.51. The van der Waals surface area contributed by atoms with E-state index in [0.717, 1.165) is 12.8 Å². The number of hydrogen-bond acceptors (Lipinski definition) is 3. The topological polar surface area (TPSA) is 20.2 Å². The number of allylic oxidation sites excluding steroid dienone is 1. The van der Waals surface area contributed by atoms with E-state index < -0.39 is 0 Å². The van der Waals surface area contributed by atoms with Crippen molar-refractivity contribution >= 4 is 23.5 Å². The van der Waals surface area contributed by atoms with E-state index in [1.807, 2.05) is 23.5 Å². The molecule has 0 aromatic heterocycles. The van der Waals surface area contributed by atoms with E-state index in [1.54, 1.807) is 0 Å². The molecule has 0 aliphatic carbocycles. The number of aliphatic hydroxyl groups is 1. The zero-order valence-corrected chi connectivity index (χ0v) is 9.14. The van der Waals surface area contributed by atoms with Gasteiger partial charge in [-0.1, -0.05) is 5.57 Å². The van der Waals surface area contributed by atoms with E-state index in [-0.39, 0.29) is 0 Å². The van der Waals surface area contributed by atoms with Gasteiger partial charge >= 0.3 is 0 Å². The maximum absolute atomic E-state index is 8.68. The van der Waals surface area contributed by atoms with E-state index >= 15 is 0 Å². The molecule has 0 aromatic carbocycles. The highest BCUT2D eigenvalue weighted by Gasteiger charge is 2.09. The van der Waals surface area contributed by atoms with Gasteiger partial charge in [-0.05, 0) is 37.7 Å². The van der Waals surface area contributed by atoms with Gasteiger partial charge in [0.05, 0.1) is 0 Å². The molecule has 0 radical (unpaired) electrons. The lowest BCUT2D eigenvalue weighted by Gasteiger charge is -2.15. The van der Waals surface area contributed by atoms with Gasteiger partial charge in [-0.15, -0.1) is 23.5 Å². The summed E-state index contributed by atoms with van der Waals surface area (Å²) in [7, 11) is 0. The lowest BCUT2D eigenvalue weighted by atomic mass is 10.2.